The Balaban J connectivity index is 2.84. The Morgan fingerprint density at radius 1 is 1.44 bits per heavy atom. The molecule has 0 spiro atoms. The van der Waals surface area contributed by atoms with Gasteiger partial charge in [-0.2, -0.15) is 10.5 Å². The standard InChI is InChI=1S/C12H12N4O2/c1-18-7-11(15)12(17)16-10-3-2-8(5-13)9(4-10)6-14/h2-4,11H,7,15H2,1H3,(H,16,17). The monoisotopic (exact) mass is 244 g/mol. The van der Waals surface area contributed by atoms with Gasteiger partial charge in [0.05, 0.1) is 17.7 Å². The van der Waals surface area contributed by atoms with Crippen molar-refractivity contribution >= 4 is 11.6 Å². The molecule has 0 heterocycles. The first-order valence-corrected chi connectivity index (χ1v) is 5.12. The van der Waals surface area contributed by atoms with Crippen molar-refractivity contribution in [3.05, 3.63) is 29.3 Å². The molecule has 18 heavy (non-hydrogen) atoms. The number of hydrogen-bond donors (Lipinski definition) is 2. The van der Waals surface area contributed by atoms with Gasteiger partial charge in [-0.1, -0.05) is 0 Å². The van der Waals surface area contributed by atoms with Crippen LogP contribution in [0.15, 0.2) is 18.2 Å². The van der Waals surface area contributed by atoms with Gasteiger partial charge in [-0.15, -0.1) is 0 Å². The Labute approximate surface area is 105 Å². The smallest absolute Gasteiger partial charge is 0.243 e. The molecule has 0 fully saturated rings. The number of anilines is 1. The van der Waals surface area contributed by atoms with Crippen molar-refractivity contribution < 1.29 is 9.53 Å². The fourth-order valence-corrected chi connectivity index (χ4v) is 1.30. The molecule has 3 N–H and O–H groups in total. The van der Waals surface area contributed by atoms with Crippen LogP contribution in [0.25, 0.3) is 0 Å². The summed E-state index contributed by atoms with van der Waals surface area (Å²) in [4.78, 5) is 11.6. The lowest BCUT2D eigenvalue weighted by molar-refractivity contribution is -0.118. The average Bonchev–Trinajstić information content (AvgIpc) is 2.38. The highest BCUT2D eigenvalue weighted by Gasteiger charge is 2.13. The molecule has 1 amide bonds. The highest BCUT2D eigenvalue weighted by molar-refractivity contribution is 5.95. The fraction of sp³-hybridized carbons (Fsp3) is 0.250. The molecule has 0 radical (unpaired) electrons. The minimum absolute atomic E-state index is 0.104. The fourth-order valence-electron chi connectivity index (χ4n) is 1.30. The third kappa shape index (κ3) is 3.29. The topological polar surface area (TPSA) is 112 Å². The van der Waals surface area contributed by atoms with Crippen molar-refractivity contribution in [3.8, 4) is 12.1 Å². The van der Waals surface area contributed by atoms with Crippen LogP contribution in [0.2, 0.25) is 0 Å². The molecule has 0 saturated heterocycles. The van der Waals surface area contributed by atoms with Gasteiger partial charge in [0.25, 0.3) is 0 Å². The van der Waals surface area contributed by atoms with Crippen LogP contribution in [0, 0.1) is 22.7 Å². The maximum absolute atomic E-state index is 11.6. The zero-order valence-electron chi connectivity index (χ0n) is 9.80. The Hall–Kier alpha value is -2.41. The number of benzene rings is 1. The van der Waals surface area contributed by atoms with E-state index < -0.39 is 11.9 Å². The molecule has 0 aromatic heterocycles. The molecular formula is C12H12N4O2. The summed E-state index contributed by atoms with van der Waals surface area (Å²) in [7, 11) is 1.45. The highest BCUT2D eigenvalue weighted by atomic mass is 16.5. The molecule has 6 nitrogen and oxygen atoms in total. The zero-order valence-corrected chi connectivity index (χ0v) is 9.80. The van der Waals surface area contributed by atoms with Crippen LogP contribution in [-0.4, -0.2) is 25.7 Å². The number of rotatable bonds is 4. The lowest BCUT2D eigenvalue weighted by Crippen LogP contribution is -2.39. The van der Waals surface area contributed by atoms with Gasteiger partial charge in [0, 0.05) is 12.8 Å². The van der Waals surface area contributed by atoms with Gasteiger partial charge in [0.15, 0.2) is 0 Å². The number of hydrogen-bond acceptors (Lipinski definition) is 5. The van der Waals surface area contributed by atoms with Crippen molar-refractivity contribution in [3.63, 3.8) is 0 Å². The maximum atomic E-state index is 11.6. The summed E-state index contributed by atoms with van der Waals surface area (Å²) in [5.41, 5.74) is 6.43. The molecule has 92 valence electrons. The van der Waals surface area contributed by atoms with Crippen LogP contribution in [-0.2, 0) is 9.53 Å². The number of carbonyl (C=O) groups is 1. The normalized spacial score (nSPS) is 11.1. The number of nitrogens with two attached hydrogens (primary N) is 1. The first-order valence-electron chi connectivity index (χ1n) is 5.12. The van der Waals surface area contributed by atoms with Crippen LogP contribution in [0.5, 0.6) is 0 Å². The molecule has 1 atom stereocenters. The summed E-state index contributed by atoms with van der Waals surface area (Å²) in [6, 6.07) is 7.43. The molecule has 1 unspecified atom stereocenters. The Bertz CT molecular complexity index is 528. The van der Waals surface area contributed by atoms with Crippen LogP contribution >= 0.6 is 0 Å². The first kappa shape index (κ1) is 13.7. The number of amides is 1. The summed E-state index contributed by atoms with van der Waals surface area (Å²) >= 11 is 0. The second-order valence-corrected chi connectivity index (χ2v) is 3.54. The predicted molar refractivity (Wildman–Crippen MR) is 64.4 cm³/mol. The van der Waals surface area contributed by atoms with Crippen LogP contribution in [0.3, 0.4) is 0 Å². The number of nitriles is 2. The molecule has 0 bridgehead atoms. The van der Waals surface area contributed by atoms with E-state index in [1.165, 1.54) is 25.3 Å². The SMILES string of the molecule is COCC(N)C(=O)Nc1ccc(C#N)c(C#N)c1. The van der Waals surface area contributed by atoms with Crippen LogP contribution in [0.1, 0.15) is 11.1 Å². The molecule has 1 aromatic carbocycles. The summed E-state index contributed by atoms with van der Waals surface area (Å²) < 4.78 is 4.76. The number of nitrogens with one attached hydrogen (secondary N) is 1. The first-order chi connectivity index (χ1) is 8.62. The zero-order chi connectivity index (χ0) is 13.5. The van der Waals surface area contributed by atoms with Gasteiger partial charge < -0.3 is 15.8 Å². The molecule has 1 aromatic rings. The lowest BCUT2D eigenvalue weighted by atomic mass is 10.1. The molecule has 1 rings (SSSR count). The van der Waals surface area contributed by atoms with Gasteiger partial charge in [0.2, 0.25) is 5.91 Å². The van der Waals surface area contributed by atoms with Gasteiger partial charge in [-0.3, -0.25) is 4.79 Å². The van der Waals surface area contributed by atoms with Crippen molar-refractivity contribution in [1.29, 1.82) is 10.5 Å². The van der Waals surface area contributed by atoms with Crippen LogP contribution in [0.4, 0.5) is 5.69 Å². The van der Waals surface area contributed by atoms with E-state index in [1.807, 2.05) is 12.1 Å². The highest BCUT2D eigenvalue weighted by Crippen LogP contribution is 2.14. The van der Waals surface area contributed by atoms with E-state index in [0.717, 1.165) is 0 Å². The minimum Gasteiger partial charge on any atom is -0.383 e. The van der Waals surface area contributed by atoms with E-state index in [2.05, 4.69) is 5.32 Å². The molecular weight excluding hydrogens is 232 g/mol. The summed E-state index contributed by atoms with van der Waals surface area (Å²) in [6.45, 7) is 0.104. The largest absolute Gasteiger partial charge is 0.383 e. The van der Waals surface area contributed by atoms with Crippen molar-refractivity contribution in [2.45, 2.75) is 6.04 Å². The molecule has 6 heteroatoms. The van der Waals surface area contributed by atoms with Crippen molar-refractivity contribution in [2.75, 3.05) is 19.0 Å². The Kier molecular flexibility index (Phi) is 4.82. The van der Waals surface area contributed by atoms with E-state index in [1.54, 1.807) is 0 Å². The number of methoxy groups -OCH3 is 1. The minimum atomic E-state index is -0.781. The quantitative estimate of drug-likeness (QED) is 0.793. The van der Waals surface area contributed by atoms with E-state index in [0.29, 0.717) is 5.69 Å². The van der Waals surface area contributed by atoms with Gasteiger partial charge >= 0.3 is 0 Å². The molecule has 0 aliphatic rings. The summed E-state index contributed by atoms with van der Waals surface area (Å²) in [5, 5.41) is 20.1. The Morgan fingerprint density at radius 2 is 2.11 bits per heavy atom. The number of carbonyl (C=O) groups excluding carboxylic acids is 1. The van der Waals surface area contributed by atoms with Gasteiger partial charge in [0.1, 0.15) is 18.2 Å². The lowest BCUT2D eigenvalue weighted by Gasteiger charge is -2.11. The summed E-state index contributed by atoms with van der Waals surface area (Å²) in [5.74, 6) is -0.412. The van der Waals surface area contributed by atoms with E-state index in [4.69, 9.17) is 21.0 Å². The van der Waals surface area contributed by atoms with Crippen molar-refractivity contribution in [1.82, 2.24) is 0 Å². The predicted octanol–water partition coefficient (Wildman–Crippen LogP) is 0.342. The molecule has 0 aliphatic heterocycles. The Morgan fingerprint density at radius 3 is 2.67 bits per heavy atom. The van der Waals surface area contributed by atoms with E-state index in [9.17, 15) is 4.79 Å². The average molecular weight is 244 g/mol. The van der Waals surface area contributed by atoms with Crippen LogP contribution < -0.4 is 11.1 Å². The third-order valence-corrected chi connectivity index (χ3v) is 2.21. The van der Waals surface area contributed by atoms with E-state index in [-0.39, 0.29) is 17.7 Å². The van der Waals surface area contributed by atoms with E-state index >= 15 is 0 Å². The van der Waals surface area contributed by atoms with Gasteiger partial charge in [-0.05, 0) is 18.2 Å². The van der Waals surface area contributed by atoms with Gasteiger partial charge in [-0.25, -0.2) is 0 Å². The molecule has 0 saturated carbocycles. The van der Waals surface area contributed by atoms with Crippen molar-refractivity contribution in [2.24, 2.45) is 5.73 Å². The summed E-state index contributed by atoms with van der Waals surface area (Å²) in [6.07, 6.45) is 0. The maximum Gasteiger partial charge on any atom is 0.243 e. The molecule has 0 aliphatic carbocycles. The second kappa shape index (κ2) is 6.36. The third-order valence-electron chi connectivity index (χ3n) is 2.21. The second-order valence-electron chi connectivity index (χ2n) is 3.54. The number of nitrogens with zero attached hydrogens (tertiary/aromatic N) is 2. The number of ether oxygens (including phenoxy) is 1.